The van der Waals surface area contributed by atoms with Crippen molar-refractivity contribution in [1.29, 1.82) is 0 Å². The molecule has 4 aromatic rings. The Bertz CT molecular complexity index is 1050. The third-order valence-corrected chi connectivity index (χ3v) is 4.80. The molecular formula is C15H9ClN2OS. The van der Waals surface area contributed by atoms with Crippen molar-refractivity contribution < 1.29 is 0 Å². The van der Waals surface area contributed by atoms with E-state index in [4.69, 9.17) is 11.6 Å². The van der Waals surface area contributed by atoms with Crippen LogP contribution in [0.5, 0.6) is 0 Å². The molecule has 0 atom stereocenters. The van der Waals surface area contributed by atoms with Gasteiger partial charge in [-0.25, -0.2) is 4.98 Å². The number of hydrogen-bond acceptors (Lipinski definition) is 3. The van der Waals surface area contributed by atoms with Crippen molar-refractivity contribution in [3.63, 3.8) is 0 Å². The van der Waals surface area contributed by atoms with Gasteiger partial charge in [-0.1, -0.05) is 23.7 Å². The molecule has 2 aromatic heterocycles. The monoisotopic (exact) mass is 300 g/mol. The van der Waals surface area contributed by atoms with Crippen LogP contribution in [-0.4, -0.2) is 9.55 Å². The van der Waals surface area contributed by atoms with Crippen molar-refractivity contribution in [2.45, 2.75) is 0 Å². The van der Waals surface area contributed by atoms with Crippen LogP contribution in [-0.2, 0) is 7.05 Å². The van der Waals surface area contributed by atoms with Crippen LogP contribution in [0.25, 0.3) is 32.0 Å². The number of aromatic nitrogens is 2. The van der Waals surface area contributed by atoms with E-state index in [2.05, 4.69) is 4.98 Å². The highest BCUT2D eigenvalue weighted by atomic mass is 35.5. The molecule has 0 saturated heterocycles. The van der Waals surface area contributed by atoms with Crippen molar-refractivity contribution in [3.8, 4) is 0 Å². The Kier molecular flexibility index (Phi) is 2.40. The Morgan fingerprint density at radius 3 is 2.80 bits per heavy atom. The van der Waals surface area contributed by atoms with Gasteiger partial charge in [-0.05, 0) is 24.3 Å². The summed E-state index contributed by atoms with van der Waals surface area (Å²) >= 11 is 7.35. The number of halogens is 1. The predicted octanol–water partition coefficient (Wildman–Crippen LogP) is 3.95. The molecule has 0 saturated carbocycles. The van der Waals surface area contributed by atoms with Gasteiger partial charge in [0.15, 0.2) is 9.90 Å². The second-order valence-corrected chi connectivity index (χ2v) is 6.26. The number of nitrogens with zero attached hydrogens (tertiary/aromatic N) is 2. The lowest BCUT2D eigenvalue weighted by Gasteiger charge is -2.10. The number of fused-ring (bicyclic) bond motifs is 4. The van der Waals surface area contributed by atoms with E-state index in [9.17, 15) is 4.79 Å². The van der Waals surface area contributed by atoms with Crippen LogP contribution < -0.4 is 5.43 Å². The van der Waals surface area contributed by atoms with E-state index >= 15 is 0 Å². The molecular weight excluding hydrogens is 292 g/mol. The fourth-order valence-corrected chi connectivity index (χ4v) is 3.83. The van der Waals surface area contributed by atoms with E-state index in [1.807, 2.05) is 48.0 Å². The molecule has 4 rings (SSSR count). The van der Waals surface area contributed by atoms with Crippen molar-refractivity contribution in [3.05, 3.63) is 51.1 Å². The Balaban J connectivity index is 2.41. The second kappa shape index (κ2) is 4.04. The van der Waals surface area contributed by atoms with Crippen LogP contribution in [0.15, 0.2) is 41.2 Å². The highest BCUT2D eigenvalue weighted by molar-refractivity contribution is 7.23. The molecule has 2 aromatic carbocycles. The first-order valence-electron chi connectivity index (χ1n) is 6.13. The minimum Gasteiger partial charge on any atom is -0.343 e. The molecule has 5 heteroatoms. The Labute approximate surface area is 123 Å². The summed E-state index contributed by atoms with van der Waals surface area (Å²) in [6, 6.07) is 11.5. The van der Waals surface area contributed by atoms with Gasteiger partial charge >= 0.3 is 0 Å². The standard InChI is InChI=1S/C15H9ClN2OS/c1-18-10-5-3-2-4-8(10)13(19)12-11(18)7-6-9-14(12)20-15(16)17-9/h2-7H,1H3. The first kappa shape index (κ1) is 11.9. The summed E-state index contributed by atoms with van der Waals surface area (Å²) in [4.78, 5) is 17.0. The topological polar surface area (TPSA) is 34.9 Å². The van der Waals surface area contributed by atoms with Crippen LogP contribution in [0.1, 0.15) is 0 Å². The van der Waals surface area contributed by atoms with Gasteiger partial charge in [0.1, 0.15) is 0 Å². The fraction of sp³-hybridized carbons (Fsp3) is 0.0667. The summed E-state index contributed by atoms with van der Waals surface area (Å²) in [7, 11) is 1.97. The molecule has 0 N–H and O–H groups in total. The first-order chi connectivity index (χ1) is 9.66. The lowest BCUT2D eigenvalue weighted by molar-refractivity contribution is 1.00. The van der Waals surface area contributed by atoms with Gasteiger partial charge in [-0.15, -0.1) is 11.3 Å². The normalized spacial score (nSPS) is 11.7. The Morgan fingerprint density at radius 1 is 1.15 bits per heavy atom. The van der Waals surface area contributed by atoms with E-state index in [0.29, 0.717) is 9.85 Å². The maximum Gasteiger partial charge on any atom is 0.198 e. The van der Waals surface area contributed by atoms with Crippen molar-refractivity contribution in [2.24, 2.45) is 7.05 Å². The number of hydrogen-bond donors (Lipinski definition) is 0. The number of benzene rings is 2. The number of rotatable bonds is 0. The number of thiazole rings is 1. The van der Waals surface area contributed by atoms with Crippen LogP contribution in [0, 0.1) is 0 Å². The van der Waals surface area contributed by atoms with Crippen LogP contribution in [0.2, 0.25) is 4.47 Å². The fourth-order valence-electron chi connectivity index (χ4n) is 2.68. The number of para-hydroxylation sites is 1. The van der Waals surface area contributed by atoms with Gasteiger partial charge in [0.25, 0.3) is 0 Å². The SMILES string of the molecule is Cn1c2ccccc2c(=O)c2c3sc(Cl)nc3ccc21. The molecule has 0 unspecified atom stereocenters. The Hall–Kier alpha value is -1.91. The van der Waals surface area contributed by atoms with Crippen LogP contribution in [0.3, 0.4) is 0 Å². The van der Waals surface area contributed by atoms with E-state index in [1.165, 1.54) is 11.3 Å². The molecule has 20 heavy (non-hydrogen) atoms. The molecule has 0 radical (unpaired) electrons. The maximum atomic E-state index is 12.8. The largest absolute Gasteiger partial charge is 0.343 e. The van der Waals surface area contributed by atoms with Crippen LogP contribution >= 0.6 is 22.9 Å². The summed E-state index contributed by atoms with van der Waals surface area (Å²) in [5, 5.41) is 1.42. The molecule has 0 spiro atoms. The van der Waals surface area contributed by atoms with Crippen molar-refractivity contribution in [2.75, 3.05) is 0 Å². The van der Waals surface area contributed by atoms with E-state index in [-0.39, 0.29) is 5.43 Å². The summed E-state index contributed by atoms with van der Waals surface area (Å²) in [6.07, 6.45) is 0. The zero-order valence-electron chi connectivity index (χ0n) is 10.6. The zero-order valence-corrected chi connectivity index (χ0v) is 12.1. The zero-order chi connectivity index (χ0) is 13.9. The second-order valence-electron chi connectivity index (χ2n) is 4.68. The molecule has 0 fully saturated rings. The summed E-state index contributed by atoms with van der Waals surface area (Å²) in [5.41, 5.74) is 2.65. The lowest BCUT2D eigenvalue weighted by Crippen LogP contribution is -2.08. The molecule has 3 nitrogen and oxygen atoms in total. The highest BCUT2D eigenvalue weighted by Crippen LogP contribution is 2.31. The summed E-state index contributed by atoms with van der Waals surface area (Å²) < 4.78 is 3.36. The molecule has 0 aliphatic heterocycles. The highest BCUT2D eigenvalue weighted by Gasteiger charge is 2.13. The molecule has 0 aliphatic rings. The van der Waals surface area contributed by atoms with Crippen LogP contribution in [0.4, 0.5) is 0 Å². The quantitative estimate of drug-likeness (QED) is 0.461. The van der Waals surface area contributed by atoms with E-state index in [1.54, 1.807) is 0 Å². The van der Waals surface area contributed by atoms with E-state index < -0.39 is 0 Å². The molecule has 0 bridgehead atoms. The van der Waals surface area contributed by atoms with Gasteiger partial charge < -0.3 is 4.57 Å². The third-order valence-electron chi connectivity index (χ3n) is 3.61. The lowest BCUT2D eigenvalue weighted by atomic mass is 10.1. The van der Waals surface area contributed by atoms with Crippen molar-refractivity contribution in [1.82, 2.24) is 9.55 Å². The molecule has 2 heterocycles. The summed E-state index contributed by atoms with van der Waals surface area (Å²) in [6.45, 7) is 0. The van der Waals surface area contributed by atoms with Gasteiger partial charge in [0, 0.05) is 12.4 Å². The molecule has 0 aliphatic carbocycles. The van der Waals surface area contributed by atoms with Crippen molar-refractivity contribution >= 4 is 55.0 Å². The predicted molar refractivity (Wildman–Crippen MR) is 84.9 cm³/mol. The molecule has 98 valence electrons. The third kappa shape index (κ3) is 1.46. The minimum absolute atomic E-state index is 0.0413. The first-order valence-corrected chi connectivity index (χ1v) is 7.33. The number of aryl methyl sites for hydroxylation is 1. The Morgan fingerprint density at radius 2 is 1.95 bits per heavy atom. The summed E-state index contributed by atoms with van der Waals surface area (Å²) in [5.74, 6) is 0. The smallest absolute Gasteiger partial charge is 0.198 e. The molecule has 0 amide bonds. The van der Waals surface area contributed by atoms with Gasteiger partial charge in [0.05, 0.1) is 26.6 Å². The van der Waals surface area contributed by atoms with Gasteiger partial charge in [-0.2, -0.15) is 0 Å². The minimum atomic E-state index is 0.0413. The van der Waals surface area contributed by atoms with Gasteiger partial charge in [0.2, 0.25) is 0 Å². The van der Waals surface area contributed by atoms with Gasteiger partial charge in [-0.3, -0.25) is 4.79 Å². The average molecular weight is 301 g/mol. The van der Waals surface area contributed by atoms with E-state index in [0.717, 1.165) is 26.6 Å². The average Bonchev–Trinajstić information content (AvgIpc) is 2.84. The maximum absolute atomic E-state index is 12.8. The number of pyridine rings is 1.